The van der Waals surface area contributed by atoms with Crippen molar-refractivity contribution in [1.82, 2.24) is 5.32 Å². The van der Waals surface area contributed by atoms with E-state index >= 15 is 0 Å². The molecule has 0 spiro atoms. The molecule has 0 amide bonds. The van der Waals surface area contributed by atoms with Crippen LogP contribution in [0.4, 0.5) is 0 Å². The van der Waals surface area contributed by atoms with Gasteiger partial charge in [0.2, 0.25) is 0 Å². The third-order valence-corrected chi connectivity index (χ3v) is 6.11. The van der Waals surface area contributed by atoms with Crippen LogP contribution in [0, 0.1) is 0 Å². The summed E-state index contributed by atoms with van der Waals surface area (Å²) < 4.78 is 6.25. The molecule has 20 heavy (non-hydrogen) atoms. The Morgan fingerprint density at radius 1 is 1.45 bits per heavy atom. The molecule has 0 saturated carbocycles. The Balaban J connectivity index is 1.95. The standard InChI is InChI=1S/C17H25NOS/c1-3-10-18-16(17(2)9-5-12-20-17)14-7-4-6-13-8-11-19-15(13)14/h4,6-7,16,18H,3,5,8-12H2,1-2H3. The summed E-state index contributed by atoms with van der Waals surface area (Å²) in [5.41, 5.74) is 2.77. The minimum absolute atomic E-state index is 0.302. The van der Waals surface area contributed by atoms with E-state index in [0.717, 1.165) is 25.3 Å². The van der Waals surface area contributed by atoms with Gasteiger partial charge in [-0.15, -0.1) is 0 Å². The molecule has 2 unspecified atom stereocenters. The van der Waals surface area contributed by atoms with E-state index in [1.807, 2.05) is 0 Å². The first-order valence-electron chi connectivity index (χ1n) is 7.86. The summed E-state index contributed by atoms with van der Waals surface area (Å²) in [4.78, 5) is 0. The molecule has 3 heteroatoms. The summed E-state index contributed by atoms with van der Waals surface area (Å²) in [5, 5.41) is 3.80. The zero-order valence-corrected chi connectivity index (χ0v) is 13.4. The summed E-state index contributed by atoms with van der Waals surface area (Å²) in [6.45, 7) is 6.58. The molecule has 2 aliphatic heterocycles. The van der Waals surface area contributed by atoms with Crippen molar-refractivity contribution in [1.29, 1.82) is 0 Å². The molecule has 2 atom stereocenters. The van der Waals surface area contributed by atoms with E-state index in [0.29, 0.717) is 10.8 Å². The summed E-state index contributed by atoms with van der Waals surface area (Å²) in [6, 6.07) is 7.09. The van der Waals surface area contributed by atoms with E-state index in [9.17, 15) is 0 Å². The Labute approximate surface area is 126 Å². The lowest BCUT2D eigenvalue weighted by molar-refractivity contribution is 0.338. The first kappa shape index (κ1) is 14.3. The molecule has 1 fully saturated rings. The monoisotopic (exact) mass is 291 g/mol. The van der Waals surface area contributed by atoms with Crippen LogP contribution in [0.2, 0.25) is 0 Å². The number of hydrogen-bond donors (Lipinski definition) is 1. The van der Waals surface area contributed by atoms with Crippen LogP contribution in [0.5, 0.6) is 5.75 Å². The molecule has 1 N–H and O–H groups in total. The van der Waals surface area contributed by atoms with E-state index < -0.39 is 0 Å². The van der Waals surface area contributed by atoms with Gasteiger partial charge in [0.15, 0.2) is 0 Å². The quantitative estimate of drug-likeness (QED) is 0.887. The van der Waals surface area contributed by atoms with Crippen LogP contribution in [-0.4, -0.2) is 23.7 Å². The average Bonchev–Trinajstić information content (AvgIpc) is 3.08. The van der Waals surface area contributed by atoms with Gasteiger partial charge in [0.05, 0.1) is 12.6 Å². The lowest BCUT2D eigenvalue weighted by Gasteiger charge is -2.35. The highest BCUT2D eigenvalue weighted by molar-refractivity contribution is 8.00. The van der Waals surface area contributed by atoms with Gasteiger partial charge in [-0.3, -0.25) is 0 Å². The van der Waals surface area contributed by atoms with Crippen molar-refractivity contribution in [3.05, 3.63) is 29.3 Å². The topological polar surface area (TPSA) is 21.3 Å². The fourth-order valence-corrected chi connectivity index (χ4v) is 4.86. The van der Waals surface area contributed by atoms with Gasteiger partial charge < -0.3 is 10.1 Å². The van der Waals surface area contributed by atoms with Crippen LogP contribution >= 0.6 is 11.8 Å². The zero-order valence-electron chi connectivity index (χ0n) is 12.6. The Kier molecular flexibility index (Phi) is 4.27. The van der Waals surface area contributed by atoms with Crippen LogP contribution in [-0.2, 0) is 6.42 Å². The van der Waals surface area contributed by atoms with Gasteiger partial charge in [-0.2, -0.15) is 11.8 Å². The molecule has 0 radical (unpaired) electrons. The van der Waals surface area contributed by atoms with Crippen molar-refractivity contribution < 1.29 is 4.74 Å². The van der Waals surface area contributed by atoms with Crippen molar-refractivity contribution in [3.8, 4) is 5.75 Å². The highest BCUT2D eigenvalue weighted by Gasteiger charge is 2.40. The van der Waals surface area contributed by atoms with Gasteiger partial charge in [-0.25, -0.2) is 0 Å². The van der Waals surface area contributed by atoms with Crippen LogP contribution in [0.3, 0.4) is 0 Å². The second kappa shape index (κ2) is 5.98. The molecule has 0 aliphatic carbocycles. The summed E-state index contributed by atoms with van der Waals surface area (Å²) >= 11 is 2.13. The molecule has 1 aromatic carbocycles. The second-order valence-corrected chi connectivity index (χ2v) is 7.72. The number of fused-ring (bicyclic) bond motifs is 1. The molecule has 1 aromatic rings. The minimum atomic E-state index is 0.302. The van der Waals surface area contributed by atoms with E-state index in [-0.39, 0.29) is 0 Å². The molecule has 1 saturated heterocycles. The Hall–Kier alpha value is -0.670. The van der Waals surface area contributed by atoms with E-state index in [2.05, 4.69) is 49.1 Å². The first-order valence-corrected chi connectivity index (χ1v) is 8.85. The smallest absolute Gasteiger partial charge is 0.127 e. The molecular weight excluding hydrogens is 266 g/mol. The number of rotatable bonds is 5. The minimum Gasteiger partial charge on any atom is -0.493 e. The van der Waals surface area contributed by atoms with Gasteiger partial charge in [0.1, 0.15) is 5.75 Å². The SMILES string of the molecule is CCCNC(c1cccc2c1OCC2)C1(C)CCCS1. The third-order valence-electron chi connectivity index (χ3n) is 4.51. The lowest BCUT2D eigenvalue weighted by Crippen LogP contribution is -2.38. The molecule has 2 aliphatic rings. The number of nitrogens with one attached hydrogen (secondary N) is 1. The number of thioether (sulfide) groups is 1. The second-order valence-electron chi connectivity index (χ2n) is 6.09. The molecule has 0 bridgehead atoms. The normalized spacial score (nSPS) is 26.3. The van der Waals surface area contributed by atoms with Gasteiger partial charge in [0.25, 0.3) is 0 Å². The highest BCUT2D eigenvalue weighted by atomic mass is 32.2. The maximum absolute atomic E-state index is 5.95. The highest BCUT2D eigenvalue weighted by Crippen LogP contribution is 2.49. The summed E-state index contributed by atoms with van der Waals surface area (Å²) in [7, 11) is 0. The average molecular weight is 291 g/mol. The Morgan fingerprint density at radius 3 is 3.10 bits per heavy atom. The maximum atomic E-state index is 5.95. The number of ether oxygens (including phenoxy) is 1. The molecule has 2 nitrogen and oxygen atoms in total. The van der Waals surface area contributed by atoms with Crippen molar-refractivity contribution in [2.24, 2.45) is 0 Å². The van der Waals surface area contributed by atoms with Crippen molar-refractivity contribution in [2.45, 2.75) is 50.3 Å². The predicted molar refractivity (Wildman–Crippen MR) is 86.8 cm³/mol. The van der Waals surface area contributed by atoms with Gasteiger partial charge in [-0.05, 0) is 44.0 Å². The number of hydrogen-bond acceptors (Lipinski definition) is 3. The maximum Gasteiger partial charge on any atom is 0.127 e. The van der Waals surface area contributed by atoms with Crippen LogP contribution in [0.15, 0.2) is 18.2 Å². The molecule has 2 heterocycles. The van der Waals surface area contributed by atoms with Gasteiger partial charge >= 0.3 is 0 Å². The zero-order chi connectivity index (χ0) is 14.0. The van der Waals surface area contributed by atoms with Gasteiger partial charge in [0, 0.05) is 16.7 Å². The number of para-hydroxylation sites is 1. The van der Waals surface area contributed by atoms with E-state index in [4.69, 9.17) is 4.74 Å². The third kappa shape index (κ3) is 2.58. The van der Waals surface area contributed by atoms with E-state index in [1.165, 1.54) is 36.1 Å². The molecule has 110 valence electrons. The fraction of sp³-hybridized carbons (Fsp3) is 0.647. The number of benzene rings is 1. The lowest BCUT2D eigenvalue weighted by atomic mass is 9.88. The molecular formula is C17H25NOS. The fourth-order valence-electron chi connectivity index (χ4n) is 3.44. The first-order chi connectivity index (χ1) is 9.74. The summed E-state index contributed by atoms with van der Waals surface area (Å²) in [6.07, 6.45) is 4.87. The van der Waals surface area contributed by atoms with Crippen molar-refractivity contribution >= 4 is 11.8 Å². The predicted octanol–water partition coefficient (Wildman–Crippen LogP) is 3.95. The Morgan fingerprint density at radius 2 is 2.35 bits per heavy atom. The summed E-state index contributed by atoms with van der Waals surface area (Å²) in [5.74, 6) is 2.45. The van der Waals surface area contributed by atoms with Crippen molar-refractivity contribution in [3.63, 3.8) is 0 Å². The molecule has 0 aromatic heterocycles. The van der Waals surface area contributed by atoms with E-state index in [1.54, 1.807) is 0 Å². The van der Waals surface area contributed by atoms with Crippen LogP contribution in [0.1, 0.15) is 50.3 Å². The van der Waals surface area contributed by atoms with Gasteiger partial charge in [-0.1, -0.05) is 25.1 Å². The van der Waals surface area contributed by atoms with Crippen LogP contribution < -0.4 is 10.1 Å². The molecule has 3 rings (SSSR count). The van der Waals surface area contributed by atoms with Crippen LogP contribution in [0.25, 0.3) is 0 Å². The van der Waals surface area contributed by atoms with Crippen molar-refractivity contribution in [2.75, 3.05) is 18.9 Å². The Bertz CT molecular complexity index is 468. The largest absolute Gasteiger partial charge is 0.493 e.